The second kappa shape index (κ2) is 8.00. The number of nitrogens with one attached hydrogen (secondary N) is 1. The summed E-state index contributed by atoms with van der Waals surface area (Å²) in [6.07, 6.45) is 3.98. The Bertz CT molecular complexity index is 766. The Morgan fingerprint density at radius 3 is 2.84 bits per heavy atom. The fraction of sp³-hybridized carbons (Fsp3) is 0.500. The van der Waals surface area contributed by atoms with Crippen molar-refractivity contribution in [2.75, 3.05) is 25.0 Å². The highest BCUT2D eigenvalue weighted by Gasteiger charge is 2.17. The van der Waals surface area contributed by atoms with Crippen molar-refractivity contribution in [2.45, 2.75) is 38.8 Å². The van der Waals surface area contributed by atoms with Gasteiger partial charge in [0.25, 0.3) is 0 Å². The summed E-state index contributed by atoms with van der Waals surface area (Å²) >= 11 is 0. The van der Waals surface area contributed by atoms with Gasteiger partial charge in [-0.3, -0.25) is 9.36 Å². The molecule has 1 aromatic carbocycles. The Labute approximate surface area is 147 Å². The van der Waals surface area contributed by atoms with E-state index in [1.54, 1.807) is 4.57 Å². The molecule has 1 N–H and O–H groups in total. The Morgan fingerprint density at radius 1 is 1.24 bits per heavy atom. The number of anilines is 1. The van der Waals surface area contributed by atoms with E-state index in [9.17, 15) is 9.59 Å². The fourth-order valence-electron chi connectivity index (χ4n) is 3.09. The highest BCUT2D eigenvalue weighted by atomic mass is 16.2. The van der Waals surface area contributed by atoms with Crippen LogP contribution in [-0.4, -0.2) is 40.4 Å². The normalized spacial score (nSPS) is 13.8. The number of carbonyl (C=O) groups is 1. The lowest BCUT2D eigenvalue weighted by Gasteiger charge is -2.19. The number of nitrogens with zero attached hydrogens (tertiary/aromatic N) is 4. The van der Waals surface area contributed by atoms with Crippen LogP contribution in [0.15, 0.2) is 35.1 Å². The zero-order valence-corrected chi connectivity index (χ0v) is 14.6. The fourth-order valence-corrected chi connectivity index (χ4v) is 3.09. The van der Waals surface area contributed by atoms with E-state index < -0.39 is 0 Å². The van der Waals surface area contributed by atoms with Crippen LogP contribution < -0.4 is 15.9 Å². The van der Waals surface area contributed by atoms with Gasteiger partial charge in [0.1, 0.15) is 12.4 Å². The first-order valence-electron chi connectivity index (χ1n) is 8.84. The monoisotopic (exact) mass is 343 g/mol. The van der Waals surface area contributed by atoms with Gasteiger partial charge in [0.2, 0.25) is 5.91 Å². The molecule has 0 saturated carbocycles. The number of benzene rings is 1. The summed E-state index contributed by atoms with van der Waals surface area (Å²) < 4.78 is 3.00. The van der Waals surface area contributed by atoms with Crippen molar-refractivity contribution in [3.8, 4) is 0 Å². The van der Waals surface area contributed by atoms with Gasteiger partial charge in [0.05, 0.1) is 0 Å². The lowest BCUT2D eigenvalue weighted by Crippen LogP contribution is -2.37. The molecule has 0 atom stereocenters. The van der Waals surface area contributed by atoms with Crippen molar-refractivity contribution in [3.05, 3.63) is 46.6 Å². The van der Waals surface area contributed by atoms with Crippen LogP contribution in [-0.2, 0) is 24.3 Å². The van der Waals surface area contributed by atoms with Crippen molar-refractivity contribution in [3.63, 3.8) is 0 Å². The zero-order chi connectivity index (χ0) is 17.6. The summed E-state index contributed by atoms with van der Waals surface area (Å²) in [7, 11) is 1.98. The molecule has 1 aliphatic rings. The van der Waals surface area contributed by atoms with Gasteiger partial charge in [0, 0.05) is 38.8 Å². The molecule has 0 unspecified atom stereocenters. The van der Waals surface area contributed by atoms with E-state index in [2.05, 4.69) is 15.3 Å². The smallest absolute Gasteiger partial charge is 0.346 e. The van der Waals surface area contributed by atoms with E-state index in [1.165, 1.54) is 4.68 Å². The third kappa shape index (κ3) is 4.29. The predicted octanol–water partition coefficient (Wildman–Crippen LogP) is 1.02. The van der Waals surface area contributed by atoms with E-state index in [0.29, 0.717) is 19.6 Å². The van der Waals surface area contributed by atoms with E-state index in [1.807, 2.05) is 37.4 Å². The average Bonchev–Trinajstić information content (AvgIpc) is 2.79. The van der Waals surface area contributed by atoms with E-state index in [-0.39, 0.29) is 18.1 Å². The van der Waals surface area contributed by atoms with E-state index in [0.717, 1.165) is 37.2 Å². The summed E-state index contributed by atoms with van der Waals surface area (Å²) in [6.45, 7) is 1.91. The quantitative estimate of drug-likeness (QED) is 0.850. The van der Waals surface area contributed by atoms with Gasteiger partial charge in [0.15, 0.2) is 0 Å². The zero-order valence-electron chi connectivity index (χ0n) is 14.6. The summed E-state index contributed by atoms with van der Waals surface area (Å²) in [4.78, 5) is 26.5. The minimum Gasteiger partial charge on any atom is -0.373 e. The van der Waals surface area contributed by atoms with Gasteiger partial charge in [-0.2, -0.15) is 5.10 Å². The van der Waals surface area contributed by atoms with Crippen molar-refractivity contribution < 1.29 is 4.79 Å². The molecule has 1 aliphatic heterocycles. The molecule has 2 aromatic rings. The lowest BCUT2D eigenvalue weighted by molar-refractivity contribution is -0.121. The first kappa shape index (κ1) is 17.3. The maximum atomic E-state index is 12.3. The van der Waals surface area contributed by atoms with Crippen LogP contribution in [0.5, 0.6) is 0 Å². The van der Waals surface area contributed by atoms with E-state index in [4.69, 9.17) is 0 Å². The Balaban J connectivity index is 1.51. The number of amides is 1. The Hall–Kier alpha value is -2.57. The minimum atomic E-state index is -0.183. The van der Waals surface area contributed by atoms with Gasteiger partial charge in [-0.05, 0) is 25.0 Å². The average molecular weight is 343 g/mol. The topological polar surface area (TPSA) is 72.2 Å². The highest BCUT2D eigenvalue weighted by Crippen LogP contribution is 2.10. The molecule has 134 valence electrons. The third-order valence-corrected chi connectivity index (χ3v) is 4.54. The summed E-state index contributed by atoms with van der Waals surface area (Å²) in [5, 5.41) is 7.20. The van der Waals surface area contributed by atoms with Crippen LogP contribution in [0.1, 0.15) is 25.1 Å². The van der Waals surface area contributed by atoms with Crippen LogP contribution in [0.4, 0.5) is 5.69 Å². The molecule has 1 amide bonds. The van der Waals surface area contributed by atoms with Crippen LogP contribution in [0.3, 0.4) is 0 Å². The Kier molecular flexibility index (Phi) is 5.53. The summed E-state index contributed by atoms with van der Waals surface area (Å²) in [5.74, 6) is 0.621. The molecule has 25 heavy (non-hydrogen) atoms. The molecule has 7 nitrogen and oxygen atoms in total. The number of hydrogen-bond donors (Lipinski definition) is 1. The SMILES string of the molecule is CN(CCNC(=O)Cn1nc2n(c1=O)CCCCC2)c1ccccc1. The van der Waals surface area contributed by atoms with Crippen LogP contribution >= 0.6 is 0 Å². The number of aryl methyl sites for hydroxylation is 1. The standard InChI is InChI=1S/C18H25N5O2/c1-21(15-8-4-2-5-9-15)13-11-19-17(24)14-23-18(25)22-12-7-3-6-10-16(22)20-23/h2,4-5,8-9H,3,6-7,10-14H2,1H3,(H,19,24). The van der Waals surface area contributed by atoms with Gasteiger partial charge in [-0.15, -0.1) is 0 Å². The molecular weight excluding hydrogens is 318 g/mol. The number of hydrogen-bond acceptors (Lipinski definition) is 4. The first-order valence-corrected chi connectivity index (χ1v) is 8.84. The number of para-hydroxylation sites is 1. The molecule has 0 aliphatic carbocycles. The number of rotatable bonds is 6. The predicted molar refractivity (Wildman–Crippen MR) is 96.8 cm³/mol. The summed E-state index contributed by atoms with van der Waals surface area (Å²) in [6, 6.07) is 10.0. The number of carbonyl (C=O) groups excluding carboxylic acids is 1. The molecule has 0 spiro atoms. The second-order valence-corrected chi connectivity index (χ2v) is 6.43. The second-order valence-electron chi connectivity index (χ2n) is 6.43. The summed E-state index contributed by atoms with van der Waals surface area (Å²) in [5.41, 5.74) is 0.930. The van der Waals surface area contributed by atoms with Crippen LogP contribution in [0, 0.1) is 0 Å². The maximum Gasteiger partial charge on any atom is 0.346 e. The van der Waals surface area contributed by atoms with E-state index >= 15 is 0 Å². The van der Waals surface area contributed by atoms with Crippen molar-refractivity contribution in [1.29, 1.82) is 0 Å². The molecule has 3 rings (SSSR count). The molecule has 0 bridgehead atoms. The van der Waals surface area contributed by atoms with Gasteiger partial charge >= 0.3 is 5.69 Å². The molecule has 1 aromatic heterocycles. The van der Waals surface area contributed by atoms with Crippen molar-refractivity contribution >= 4 is 11.6 Å². The molecular formula is C18H25N5O2. The molecule has 0 radical (unpaired) electrons. The molecule has 2 heterocycles. The van der Waals surface area contributed by atoms with Gasteiger partial charge < -0.3 is 10.2 Å². The third-order valence-electron chi connectivity index (χ3n) is 4.54. The number of likely N-dealkylation sites (N-methyl/N-ethyl adjacent to an activating group) is 1. The van der Waals surface area contributed by atoms with Crippen LogP contribution in [0.2, 0.25) is 0 Å². The minimum absolute atomic E-state index is 0.0200. The highest BCUT2D eigenvalue weighted by molar-refractivity contribution is 5.75. The van der Waals surface area contributed by atoms with Crippen molar-refractivity contribution in [1.82, 2.24) is 19.7 Å². The van der Waals surface area contributed by atoms with Gasteiger partial charge in [-0.25, -0.2) is 9.48 Å². The first-order chi connectivity index (χ1) is 12.1. The van der Waals surface area contributed by atoms with Crippen molar-refractivity contribution in [2.24, 2.45) is 0 Å². The number of aromatic nitrogens is 3. The molecule has 0 fully saturated rings. The van der Waals surface area contributed by atoms with Crippen LogP contribution in [0.25, 0.3) is 0 Å². The number of fused-ring (bicyclic) bond motifs is 1. The Morgan fingerprint density at radius 2 is 2.04 bits per heavy atom. The molecule has 0 saturated heterocycles. The lowest BCUT2D eigenvalue weighted by atomic mass is 10.2. The molecule has 7 heteroatoms. The largest absolute Gasteiger partial charge is 0.373 e. The maximum absolute atomic E-state index is 12.3. The van der Waals surface area contributed by atoms with Gasteiger partial charge in [-0.1, -0.05) is 24.6 Å².